The van der Waals surface area contributed by atoms with Gasteiger partial charge >= 0.3 is 0 Å². The average molecular weight is 413 g/mol. The third-order valence-electron chi connectivity index (χ3n) is 4.94. The normalized spacial score (nSPS) is 18.9. The van der Waals surface area contributed by atoms with Crippen LogP contribution in [-0.2, 0) is 24.3 Å². The number of ether oxygens (including phenoxy) is 1. The van der Waals surface area contributed by atoms with Gasteiger partial charge in [-0.25, -0.2) is 12.8 Å². The molecule has 0 aromatic heterocycles. The Bertz CT molecular complexity index is 818. The molecule has 2 aliphatic heterocycles. The van der Waals surface area contributed by atoms with Gasteiger partial charge in [0.25, 0.3) is 0 Å². The molecule has 0 N–H and O–H groups in total. The Morgan fingerprint density at radius 2 is 1.50 bits per heavy atom. The Morgan fingerprint density at radius 3 is 2.07 bits per heavy atom. The van der Waals surface area contributed by atoms with Crippen LogP contribution < -0.4 is 0 Å². The predicted octanol–water partition coefficient (Wildman–Crippen LogP) is 0.298. The van der Waals surface area contributed by atoms with Gasteiger partial charge in [0.15, 0.2) is 0 Å². The summed E-state index contributed by atoms with van der Waals surface area (Å²) in [5.41, 5.74) is 0. The standard InChI is InChI=1S/C18H24FN3O5S/c19-15-2-1-3-16(14-15)28(25,26)22-8-6-20(7-9-22)17(23)4-5-18(24)21-10-12-27-13-11-21/h1-3,14H,4-13H2. The number of carbonyl (C=O) groups excluding carboxylic acids is 2. The molecule has 3 rings (SSSR count). The molecule has 2 heterocycles. The number of morpholine rings is 1. The SMILES string of the molecule is O=C(CCC(=O)N1CCN(S(=O)(=O)c2cccc(F)c2)CC1)N1CCOCC1. The van der Waals surface area contributed by atoms with E-state index in [2.05, 4.69) is 0 Å². The Kier molecular flexibility index (Phi) is 6.63. The first-order valence-electron chi connectivity index (χ1n) is 9.27. The third kappa shape index (κ3) is 4.86. The summed E-state index contributed by atoms with van der Waals surface area (Å²) in [7, 11) is -3.79. The second-order valence-corrected chi connectivity index (χ2v) is 8.67. The first-order valence-corrected chi connectivity index (χ1v) is 10.7. The van der Waals surface area contributed by atoms with Crippen LogP contribution in [0.25, 0.3) is 0 Å². The number of sulfonamides is 1. The van der Waals surface area contributed by atoms with Crippen molar-refractivity contribution in [3.63, 3.8) is 0 Å². The van der Waals surface area contributed by atoms with E-state index in [0.29, 0.717) is 26.3 Å². The van der Waals surface area contributed by atoms with E-state index in [4.69, 9.17) is 4.74 Å². The lowest BCUT2D eigenvalue weighted by Crippen LogP contribution is -2.50. The number of rotatable bonds is 5. The summed E-state index contributed by atoms with van der Waals surface area (Å²) < 4.78 is 45.0. The van der Waals surface area contributed by atoms with Gasteiger partial charge in [0.2, 0.25) is 21.8 Å². The van der Waals surface area contributed by atoms with Gasteiger partial charge in [-0.2, -0.15) is 4.31 Å². The zero-order chi connectivity index (χ0) is 20.1. The number of carbonyl (C=O) groups is 2. The summed E-state index contributed by atoms with van der Waals surface area (Å²) in [5.74, 6) is -0.840. The van der Waals surface area contributed by atoms with Crippen LogP contribution in [0.3, 0.4) is 0 Å². The van der Waals surface area contributed by atoms with E-state index in [0.717, 1.165) is 6.07 Å². The summed E-state index contributed by atoms with van der Waals surface area (Å²) in [6, 6.07) is 4.89. The molecule has 0 saturated carbocycles. The molecule has 2 amide bonds. The van der Waals surface area contributed by atoms with Gasteiger partial charge in [0.1, 0.15) is 5.82 Å². The second-order valence-electron chi connectivity index (χ2n) is 6.74. The third-order valence-corrected chi connectivity index (χ3v) is 6.84. The maximum Gasteiger partial charge on any atom is 0.243 e. The monoisotopic (exact) mass is 413 g/mol. The van der Waals surface area contributed by atoms with Crippen molar-refractivity contribution in [2.24, 2.45) is 0 Å². The molecule has 154 valence electrons. The average Bonchev–Trinajstić information content (AvgIpc) is 2.72. The van der Waals surface area contributed by atoms with Crippen LogP contribution in [0, 0.1) is 5.82 Å². The van der Waals surface area contributed by atoms with Gasteiger partial charge in [-0.1, -0.05) is 6.07 Å². The van der Waals surface area contributed by atoms with E-state index < -0.39 is 15.8 Å². The maximum absolute atomic E-state index is 13.3. The van der Waals surface area contributed by atoms with Crippen LogP contribution in [-0.4, -0.2) is 86.8 Å². The Labute approximate surface area is 163 Å². The minimum Gasteiger partial charge on any atom is -0.378 e. The number of piperazine rings is 1. The predicted molar refractivity (Wildman–Crippen MR) is 98.4 cm³/mol. The van der Waals surface area contributed by atoms with Crippen molar-refractivity contribution < 1.29 is 27.1 Å². The number of amides is 2. The number of hydrogen-bond donors (Lipinski definition) is 0. The van der Waals surface area contributed by atoms with Crippen molar-refractivity contribution in [1.82, 2.24) is 14.1 Å². The quantitative estimate of drug-likeness (QED) is 0.693. The molecule has 2 fully saturated rings. The highest BCUT2D eigenvalue weighted by molar-refractivity contribution is 7.89. The Hall–Kier alpha value is -2.04. The molecular weight excluding hydrogens is 389 g/mol. The topological polar surface area (TPSA) is 87.2 Å². The molecule has 2 saturated heterocycles. The molecule has 0 aliphatic carbocycles. The fraction of sp³-hybridized carbons (Fsp3) is 0.556. The number of hydrogen-bond acceptors (Lipinski definition) is 5. The summed E-state index contributed by atoms with van der Waals surface area (Å²) in [6.07, 6.45) is 0.244. The number of halogens is 1. The van der Waals surface area contributed by atoms with Gasteiger partial charge in [-0.05, 0) is 18.2 Å². The number of benzene rings is 1. The van der Waals surface area contributed by atoms with Crippen molar-refractivity contribution in [3.8, 4) is 0 Å². The molecule has 0 radical (unpaired) electrons. The van der Waals surface area contributed by atoms with Crippen LogP contribution in [0.5, 0.6) is 0 Å². The molecule has 2 aliphatic rings. The summed E-state index contributed by atoms with van der Waals surface area (Å²) in [4.78, 5) is 27.7. The van der Waals surface area contributed by atoms with E-state index >= 15 is 0 Å². The van der Waals surface area contributed by atoms with Crippen molar-refractivity contribution in [2.45, 2.75) is 17.7 Å². The maximum atomic E-state index is 13.3. The largest absolute Gasteiger partial charge is 0.378 e. The van der Waals surface area contributed by atoms with Gasteiger partial charge in [-0.3, -0.25) is 9.59 Å². The van der Waals surface area contributed by atoms with Crippen LogP contribution in [0.4, 0.5) is 4.39 Å². The fourth-order valence-electron chi connectivity index (χ4n) is 3.30. The lowest BCUT2D eigenvalue weighted by Gasteiger charge is -2.34. The summed E-state index contributed by atoms with van der Waals surface area (Å²) >= 11 is 0. The molecule has 0 bridgehead atoms. The highest BCUT2D eigenvalue weighted by atomic mass is 32.2. The van der Waals surface area contributed by atoms with Crippen LogP contribution in [0.1, 0.15) is 12.8 Å². The van der Waals surface area contributed by atoms with Crippen molar-refractivity contribution in [1.29, 1.82) is 0 Å². The van der Waals surface area contributed by atoms with Gasteiger partial charge < -0.3 is 14.5 Å². The van der Waals surface area contributed by atoms with Gasteiger partial charge in [-0.15, -0.1) is 0 Å². The first kappa shape index (κ1) is 20.7. The van der Waals surface area contributed by atoms with Gasteiger partial charge in [0, 0.05) is 52.1 Å². The zero-order valence-corrected chi connectivity index (χ0v) is 16.4. The molecule has 28 heavy (non-hydrogen) atoms. The van der Waals surface area contributed by atoms with E-state index in [1.165, 1.54) is 22.5 Å². The van der Waals surface area contributed by atoms with Crippen molar-refractivity contribution in [2.75, 3.05) is 52.5 Å². The van der Waals surface area contributed by atoms with E-state index in [1.54, 1.807) is 9.80 Å². The van der Waals surface area contributed by atoms with Gasteiger partial charge in [0.05, 0.1) is 18.1 Å². The molecule has 1 aromatic carbocycles. The molecule has 10 heteroatoms. The van der Waals surface area contributed by atoms with E-state index in [-0.39, 0.29) is 55.7 Å². The smallest absolute Gasteiger partial charge is 0.243 e. The summed E-state index contributed by atoms with van der Waals surface area (Å²) in [5, 5.41) is 0. The fourth-order valence-corrected chi connectivity index (χ4v) is 4.75. The van der Waals surface area contributed by atoms with Crippen LogP contribution in [0.15, 0.2) is 29.2 Å². The Balaban J connectivity index is 1.49. The molecule has 1 aromatic rings. The number of nitrogens with zero attached hydrogens (tertiary/aromatic N) is 3. The first-order chi connectivity index (χ1) is 13.4. The molecule has 0 unspecified atom stereocenters. The molecule has 0 atom stereocenters. The lowest BCUT2D eigenvalue weighted by atomic mass is 10.2. The summed E-state index contributed by atoms with van der Waals surface area (Å²) in [6.45, 7) is 2.90. The minimum atomic E-state index is -3.79. The molecule has 0 spiro atoms. The highest BCUT2D eigenvalue weighted by Gasteiger charge is 2.30. The zero-order valence-electron chi connectivity index (χ0n) is 15.5. The minimum absolute atomic E-state index is 0.0658. The lowest BCUT2D eigenvalue weighted by molar-refractivity contribution is -0.139. The van der Waals surface area contributed by atoms with Crippen LogP contribution >= 0.6 is 0 Å². The highest BCUT2D eigenvalue weighted by Crippen LogP contribution is 2.19. The second kappa shape index (κ2) is 8.97. The van der Waals surface area contributed by atoms with E-state index in [9.17, 15) is 22.4 Å². The van der Waals surface area contributed by atoms with Crippen molar-refractivity contribution in [3.05, 3.63) is 30.1 Å². The molecule has 8 nitrogen and oxygen atoms in total. The van der Waals surface area contributed by atoms with Crippen LogP contribution in [0.2, 0.25) is 0 Å². The van der Waals surface area contributed by atoms with Crippen molar-refractivity contribution >= 4 is 21.8 Å². The Morgan fingerprint density at radius 1 is 0.929 bits per heavy atom. The molecular formula is C18H24FN3O5S. The van der Waals surface area contributed by atoms with E-state index in [1.807, 2.05) is 0 Å².